The molecule has 2 aliphatic carbocycles. The van der Waals surface area contributed by atoms with Gasteiger partial charge in [0.05, 0.1) is 6.67 Å². The molecular weight excluding hydrogens is 459 g/mol. The van der Waals surface area contributed by atoms with Crippen molar-refractivity contribution in [1.82, 2.24) is 0 Å². The number of ketones is 1. The molecule has 37 heavy (non-hydrogen) atoms. The van der Waals surface area contributed by atoms with Crippen LogP contribution in [0.25, 0.3) is 11.1 Å². The van der Waals surface area contributed by atoms with Crippen LogP contribution in [-0.2, 0) is 16.0 Å². The third-order valence-electron chi connectivity index (χ3n) is 9.40. The maximum Gasteiger partial charge on any atom is 0.132 e. The van der Waals surface area contributed by atoms with E-state index < -0.39 is 0 Å². The van der Waals surface area contributed by atoms with Gasteiger partial charge in [0, 0.05) is 18.8 Å². The summed E-state index contributed by atoms with van der Waals surface area (Å²) in [5.74, 6) is 2.95. The molecule has 2 fully saturated rings. The van der Waals surface area contributed by atoms with Gasteiger partial charge in [0.2, 0.25) is 0 Å². The van der Waals surface area contributed by atoms with Crippen LogP contribution in [0.1, 0.15) is 101 Å². The predicted octanol–water partition coefficient (Wildman–Crippen LogP) is 8.91. The Morgan fingerprint density at radius 1 is 0.865 bits per heavy atom. The SMILES string of the molecule is CCC(=O)CCC1CCC(C(C=O)C2CCC(c3ccc(-c4ccc(CCCF)cc4)cc3)CC2)CC1. The van der Waals surface area contributed by atoms with Crippen molar-refractivity contribution in [3.8, 4) is 11.1 Å². The second kappa shape index (κ2) is 14.0. The number of benzene rings is 2. The minimum Gasteiger partial charge on any atom is -0.303 e. The molecule has 0 bridgehead atoms. The fourth-order valence-corrected chi connectivity index (χ4v) is 6.93. The third kappa shape index (κ3) is 7.62. The van der Waals surface area contributed by atoms with E-state index in [2.05, 4.69) is 48.5 Å². The quantitative estimate of drug-likeness (QED) is 0.270. The summed E-state index contributed by atoms with van der Waals surface area (Å²) in [6.07, 6.45) is 14.5. The summed E-state index contributed by atoms with van der Waals surface area (Å²) in [7, 11) is 0. The third-order valence-corrected chi connectivity index (χ3v) is 9.40. The van der Waals surface area contributed by atoms with Crippen molar-refractivity contribution in [3.05, 3.63) is 59.7 Å². The predicted molar refractivity (Wildman–Crippen MR) is 150 cm³/mol. The fraction of sp³-hybridized carbons (Fsp3) is 0.588. The molecule has 0 saturated heterocycles. The first-order valence-corrected chi connectivity index (χ1v) is 14.8. The van der Waals surface area contributed by atoms with Gasteiger partial charge in [0.25, 0.3) is 0 Å². The van der Waals surface area contributed by atoms with E-state index in [9.17, 15) is 14.0 Å². The molecule has 1 unspecified atom stereocenters. The Bertz CT molecular complexity index is 964. The van der Waals surface area contributed by atoms with Crippen molar-refractivity contribution in [2.24, 2.45) is 23.7 Å². The summed E-state index contributed by atoms with van der Waals surface area (Å²) in [6.45, 7) is 1.70. The zero-order chi connectivity index (χ0) is 26.0. The van der Waals surface area contributed by atoms with E-state index in [4.69, 9.17) is 0 Å². The van der Waals surface area contributed by atoms with Crippen LogP contribution in [0, 0.1) is 23.7 Å². The Morgan fingerprint density at radius 3 is 1.97 bits per heavy atom. The minimum absolute atomic E-state index is 0.217. The number of halogens is 1. The lowest BCUT2D eigenvalue weighted by Gasteiger charge is -2.38. The number of aldehydes is 1. The summed E-state index contributed by atoms with van der Waals surface area (Å²) in [5, 5.41) is 0. The van der Waals surface area contributed by atoms with E-state index >= 15 is 0 Å². The van der Waals surface area contributed by atoms with Crippen molar-refractivity contribution in [3.63, 3.8) is 0 Å². The Balaban J connectivity index is 1.25. The molecule has 2 aliphatic rings. The van der Waals surface area contributed by atoms with Gasteiger partial charge in [0.15, 0.2) is 0 Å². The van der Waals surface area contributed by atoms with Crippen LogP contribution in [0.4, 0.5) is 4.39 Å². The van der Waals surface area contributed by atoms with Gasteiger partial charge in [-0.15, -0.1) is 0 Å². The molecule has 0 amide bonds. The normalized spacial score (nSPS) is 24.9. The van der Waals surface area contributed by atoms with Gasteiger partial charge < -0.3 is 4.79 Å². The van der Waals surface area contributed by atoms with Gasteiger partial charge in [-0.3, -0.25) is 9.18 Å². The number of Topliss-reactive ketones (excluding diaryl/α,β-unsaturated/α-hetero) is 1. The van der Waals surface area contributed by atoms with Crippen LogP contribution in [0.2, 0.25) is 0 Å². The van der Waals surface area contributed by atoms with Crippen molar-refractivity contribution in [1.29, 1.82) is 0 Å². The van der Waals surface area contributed by atoms with Crippen LogP contribution in [-0.4, -0.2) is 18.7 Å². The zero-order valence-corrected chi connectivity index (χ0v) is 22.7. The number of carbonyl (C=O) groups excluding carboxylic acids is 2. The van der Waals surface area contributed by atoms with Crippen LogP contribution in [0.5, 0.6) is 0 Å². The summed E-state index contributed by atoms with van der Waals surface area (Å²) in [4.78, 5) is 23.8. The first-order valence-electron chi connectivity index (χ1n) is 14.8. The number of hydrogen-bond donors (Lipinski definition) is 0. The van der Waals surface area contributed by atoms with Gasteiger partial charge in [-0.2, -0.15) is 0 Å². The molecule has 0 spiro atoms. The van der Waals surface area contributed by atoms with Gasteiger partial charge >= 0.3 is 0 Å². The molecule has 0 N–H and O–H groups in total. The van der Waals surface area contributed by atoms with E-state index in [1.54, 1.807) is 0 Å². The number of aryl methyl sites for hydroxylation is 1. The van der Waals surface area contributed by atoms with Crippen LogP contribution in [0.15, 0.2) is 48.5 Å². The molecule has 2 aromatic carbocycles. The second-order valence-electron chi connectivity index (χ2n) is 11.6. The number of alkyl halides is 1. The lowest BCUT2D eigenvalue weighted by Crippen LogP contribution is -2.31. The Labute approximate surface area is 223 Å². The Morgan fingerprint density at radius 2 is 1.43 bits per heavy atom. The van der Waals surface area contributed by atoms with Crippen molar-refractivity contribution in [2.75, 3.05) is 6.67 Å². The summed E-state index contributed by atoms with van der Waals surface area (Å²) in [6, 6.07) is 17.6. The summed E-state index contributed by atoms with van der Waals surface area (Å²) < 4.78 is 12.4. The minimum atomic E-state index is -0.259. The largest absolute Gasteiger partial charge is 0.303 e. The second-order valence-corrected chi connectivity index (χ2v) is 11.6. The molecule has 3 heteroatoms. The van der Waals surface area contributed by atoms with E-state index in [0.29, 0.717) is 42.3 Å². The average Bonchev–Trinajstić information content (AvgIpc) is 2.96. The van der Waals surface area contributed by atoms with Gasteiger partial charge in [-0.05, 0) is 104 Å². The van der Waals surface area contributed by atoms with Crippen LogP contribution >= 0.6 is 0 Å². The lowest BCUT2D eigenvalue weighted by atomic mass is 9.66. The molecule has 200 valence electrons. The van der Waals surface area contributed by atoms with Crippen LogP contribution < -0.4 is 0 Å². The van der Waals surface area contributed by atoms with Crippen molar-refractivity contribution >= 4 is 12.1 Å². The lowest BCUT2D eigenvalue weighted by molar-refractivity contribution is -0.119. The first-order chi connectivity index (χ1) is 18.1. The smallest absolute Gasteiger partial charge is 0.132 e. The summed E-state index contributed by atoms with van der Waals surface area (Å²) in [5.41, 5.74) is 5.05. The highest BCUT2D eigenvalue weighted by Crippen LogP contribution is 2.44. The maximum absolute atomic E-state index is 12.4. The van der Waals surface area contributed by atoms with Crippen molar-refractivity contribution in [2.45, 2.75) is 96.3 Å². The molecule has 0 radical (unpaired) electrons. The Hall–Kier alpha value is -2.29. The van der Waals surface area contributed by atoms with Gasteiger partial charge in [0.1, 0.15) is 12.1 Å². The molecule has 2 nitrogen and oxygen atoms in total. The molecular formula is C34H45FO2. The topological polar surface area (TPSA) is 34.1 Å². The highest BCUT2D eigenvalue weighted by atomic mass is 19.1. The molecule has 4 rings (SSSR count). The van der Waals surface area contributed by atoms with E-state index in [1.165, 1.54) is 54.2 Å². The van der Waals surface area contributed by atoms with E-state index in [1.807, 2.05) is 6.92 Å². The standard InChI is InChI=1S/C34H45FO2/c1-2-33(37)22-9-26-7-12-31(13-8-26)34(24-36)32-20-18-30(19-21-32)29-16-14-28(15-17-29)27-10-5-25(6-11-27)4-3-23-35/h5-6,10-11,14-17,24,26,30-32,34H,2-4,7-9,12-13,18-23H2,1H3. The maximum atomic E-state index is 12.4. The average molecular weight is 505 g/mol. The molecule has 1 atom stereocenters. The monoisotopic (exact) mass is 504 g/mol. The molecule has 0 aliphatic heterocycles. The fourth-order valence-electron chi connectivity index (χ4n) is 6.93. The first kappa shape index (κ1) is 27.7. The molecule has 0 heterocycles. The van der Waals surface area contributed by atoms with Gasteiger partial charge in [-0.1, -0.05) is 68.3 Å². The number of rotatable bonds is 12. The Kier molecular flexibility index (Phi) is 10.5. The van der Waals surface area contributed by atoms with E-state index in [-0.39, 0.29) is 12.6 Å². The molecule has 0 aromatic heterocycles. The van der Waals surface area contributed by atoms with Crippen molar-refractivity contribution < 1.29 is 14.0 Å². The summed E-state index contributed by atoms with van der Waals surface area (Å²) >= 11 is 0. The molecule has 2 saturated carbocycles. The number of carbonyl (C=O) groups is 2. The highest BCUT2D eigenvalue weighted by Gasteiger charge is 2.35. The van der Waals surface area contributed by atoms with Crippen LogP contribution in [0.3, 0.4) is 0 Å². The number of hydrogen-bond acceptors (Lipinski definition) is 2. The van der Waals surface area contributed by atoms with E-state index in [0.717, 1.165) is 44.9 Å². The molecule has 2 aromatic rings. The zero-order valence-electron chi connectivity index (χ0n) is 22.7. The van der Waals surface area contributed by atoms with Gasteiger partial charge in [-0.25, -0.2) is 0 Å². The highest BCUT2D eigenvalue weighted by molar-refractivity contribution is 5.77.